The SMILES string of the molecule is CCCCCCCCCCCCCCC=CCC(O)CCCCCC. The lowest BCUT2D eigenvalue weighted by atomic mass is 10.0. The second kappa shape index (κ2) is 21.7. The molecule has 0 aromatic rings. The second-order valence-corrected chi connectivity index (χ2v) is 7.89. The molecule has 150 valence electrons. The van der Waals surface area contributed by atoms with Crippen LogP contribution in [0.1, 0.15) is 136 Å². The van der Waals surface area contributed by atoms with Gasteiger partial charge in [-0.25, -0.2) is 0 Å². The first kappa shape index (κ1) is 24.7. The number of unbranched alkanes of at least 4 members (excludes halogenated alkanes) is 15. The maximum atomic E-state index is 9.90. The van der Waals surface area contributed by atoms with Gasteiger partial charge in [0.2, 0.25) is 0 Å². The molecule has 0 saturated heterocycles. The summed E-state index contributed by atoms with van der Waals surface area (Å²) in [5, 5.41) is 9.90. The van der Waals surface area contributed by atoms with Crippen molar-refractivity contribution >= 4 is 0 Å². The van der Waals surface area contributed by atoms with Crippen LogP contribution in [0.2, 0.25) is 0 Å². The summed E-state index contributed by atoms with van der Waals surface area (Å²) < 4.78 is 0. The Hall–Kier alpha value is -0.300. The molecule has 0 amide bonds. The van der Waals surface area contributed by atoms with Crippen LogP contribution in [0.3, 0.4) is 0 Å². The molecule has 0 radical (unpaired) electrons. The summed E-state index contributed by atoms with van der Waals surface area (Å²) in [5.41, 5.74) is 0. The van der Waals surface area contributed by atoms with Crippen LogP contribution in [0, 0.1) is 0 Å². The summed E-state index contributed by atoms with van der Waals surface area (Å²) in [4.78, 5) is 0. The van der Waals surface area contributed by atoms with E-state index in [1.807, 2.05) is 0 Å². The van der Waals surface area contributed by atoms with Crippen molar-refractivity contribution in [3.63, 3.8) is 0 Å². The van der Waals surface area contributed by atoms with Gasteiger partial charge >= 0.3 is 0 Å². The Morgan fingerprint density at radius 3 is 1.52 bits per heavy atom. The zero-order chi connectivity index (χ0) is 18.4. The van der Waals surface area contributed by atoms with Crippen LogP contribution in [-0.4, -0.2) is 11.2 Å². The fraction of sp³-hybridized carbons (Fsp3) is 0.917. The van der Waals surface area contributed by atoms with Crippen LogP contribution in [0.5, 0.6) is 0 Å². The van der Waals surface area contributed by atoms with E-state index in [2.05, 4.69) is 26.0 Å². The number of rotatable bonds is 20. The molecule has 0 saturated carbocycles. The van der Waals surface area contributed by atoms with Crippen molar-refractivity contribution in [2.75, 3.05) is 0 Å². The molecule has 0 aliphatic heterocycles. The topological polar surface area (TPSA) is 20.2 Å². The third-order valence-electron chi connectivity index (χ3n) is 5.19. The van der Waals surface area contributed by atoms with E-state index in [4.69, 9.17) is 0 Å². The van der Waals surface area contributed by atoms with Crippen molar-refractivity contribution in [3.8, 4) is 0 Å². The van der Waals surface area contributed by atoms with Crippen LogP contribution in [-0.2, 0) is 0 Å². The molecule has 1 atom stereocenters. The number of hydrogen-bond donors (Lipinski definition) is 1. The number of allylic oxidation sites excluding steroid dienone is 1. The molecule has 1 nitrogen and oxygen atoms in total. The summed E-state index contributed by atoms with van der Waals surface area (Å²) >= 11 is 0. The molecule has 0 bridgehead atoms. The van der Waals surface area contributed by atoms with Crippen molar-refractivity contribution in [2.24, 2.45) is 0 Å². The minimum absolute atomic E-state index is 0.116. The van der Waals surface area contributed by atoms with E-state index >= 15 is 0 Å². The molecule has 0 rings (SSSR count). The van der Waals surface area contributed by atoms with Gasteiger partial charge in [-0.1, -0.05) is 122 Å². The van der Waals surface area contributed by atoms with Gasteiger partial charge in [-0.15, -0.1) is 0 Å². The van der Waals surface area contributed by atoms with Gasteiger partial charge in [-0.3, -0.25) is 0 Å². The van der Waals surface area contributed by atoms with Gasteiger partial charge in [-0.2, -0.15) is 0 Å². The highest BCUT2D eigenvalue weighted by Gasteiger charge is 2.00. The molecule has 0 spiro atoms. The zero-order valence-corrected chi connectivity index (χ0v) is 17.6. The molecular weight excluding hydrogens is 304 g/mol. The highest BCUT2D eigenvalue weighted by molar-refractivity contribution is 4.84. The molecule has 1 unspecified atom stereocenters. The van der Waals surface area contributed by atoms with Gasteiger partial charge < -0.3 is 5.11 Å². The molecule has 25 heavy (non-hydrogen) atoms. The van der Waals surface area contributed by atoms with Crippen LogP contribution in [0.4, 0.5) is 0 Å². The molecule has 0 aliphatic rings. The Morgan fingerprint density at radius 1 is 0.560 bits per heavy atom. The van der Waals surface area contributed by atoms with Crippen LogP contribution < -0.4 is 0 Å². The normalized spacial score (nSPS) is 12.9. The summed E-state index contributed by atoms with van der Waals surface area (Å²) in [6, 6.07) is 0. The lowest BCUT2D eigenvalue weighted by Gasteiger charge is -2.07. The average Bonchev–Trinajstić information content (AvgIpc) is 2.62. The van der Waals surface area contributed by atoms with Crippen LogP contribution in [0.25, 0.3) is 0 Å². The van der Waals surface area contributed by atoms with E-state index in [0.29, 0.717) is 0 Å². The maximum absolute atomic E-state index is 9.90. The third kappa shape index (κ3) is 21.7. The highest BCUT2D eigenvalue weighted by Crippen LogP contribution is 2.13. The molecule has 0 fully saturated rings. The average molecular weight is 353 g/mol. The molecule has 0 aliphatic carbocycles. The number of hydrogen-bond acceptors (Lipinski definition) is 1. The lowest BCUT2D eigenvalue weighted by molar-refractivity contribution is 0.163. The predicted octanol–water partition coefficient (Wildman–Crippen LogP) is 8.36. The minimum Gasteiger partial charge on any atom is -0.393 e. The van der Waals surface area contributed by atoms with Crippen LogP contribution >= 0.6 is 0 Å². The van der Waals surface area contributed by atoms with Gasteiger partial charge in [0.15, 0.2) is 0 Å². The van der Waals surface area contributed by atoms with Crippen molar-refractivity contribution < 1.29 is 5.11 Å². The Labute approximate surface area is 159 Å². The Kier molecular flexibility index (Phi) is 21.5. The van der Waals surface area contributed by atoms with E-state index in [1.165, 1.54) is 109 Å². The first-order chi connectivity index (χ1) is 12.3. The fourth-order valence-corrected chi connectivity index (χ4v) is 3.40. The van der Waals surface area contributed by atoms with E-state index in [0.717, 1.165) is 12.8 Å². The number of aliphatic hydroxyl groups is 1. The van der Waals surface area contributed by atoms with Crippen molar-refractivity contribution in [3.05, 3.63) is 12.2 Å². The van der Waals surface area contributed by atoms with Gasteiger partial charge in [0.1, 0.15) is 0 Å². The lowest BCUT2D eigenvalue weighted by Crippen LogP contribution is -2.04. The number of aliphatic hydroxyl groups excluding tert-OH is 1. The maximum Gasteiger partial charge on any atom is 0.0574 e. The standard InChI is InChI=1S/C24H48O/c1-3-5-7-9-10-11-12-13-14-15-16-17-18-19-21-23-24(25)22-20-8-6-4-2/h19,21,24-25H,3-18,20,22-23H2,1-2H3. The molecule has 0 aromatic heterocycles. The molecular formula is C24H48O. The first-order valence-corrected chi connectivity index (χ1v) is 11.6. The van der Waals surface area contributed by atoms with E-state index in [1.54, 1.807) is 0 Å². The third-order valence-corrected chi connectivity index (χ3v) is 5.19. The summed E-state index contributed by atoms with van der Waals surface area (Å²) in [5.74, 6) is 0. The Balaban J connectivity index is 3.17. The predicted molar refractivity (Wildman–Crippen MR) is 114 cm³/mol. The largest absolute Gasteiger partial charge is 0.393 e. The molecule has 1 N–H and O–H groups in total. The van der Waals surface area contributed by atoms with Gasteiger partial charge in [0.05, 0.1) is 6.10 Å². The van der Waals surface area contributed by atoms with Gasteiger partial charge in [0.25, 0.3) is 0 Å². The van der Waals surface area contributed by atoms with E-state index < -0.39 is 0 Å². The highest BCUT2D eigenvalue weighted by atomic mass is 16.3. The smallest absolute Gasteiger partial charge is 0.0574 e. The zero-order valence-electron chi connectivity index (χ0n) is 17.6. The van der Waals surface area contributed by atoms with Gasteiger partial charge in [-0.05, 0) is 25.7 Å². The minimum atomic E-state index is -0.116. The van der Waals surface area contributed by atoms with E-state index in [9.17, 15) is 5.11 Å². The summed E-state index contributed by atoms with van der Waals surface area (Å²) in [7, 11) is 0. The molecule has 0 heterocycles. The van der Waals surface area contributed by atoms with Crippen LogP contribution in [0.15, 0.2) is 12.2 Å². The van der Waals surface area contributed by atoms with Crippen molar-refractivity contribution in [1.29, 1.82) is 0 Å². The molecule has 0 aromatic carbocycles. The van der Waals surface area contributed by atoms with E-state index in [-0.39, 0.29) is 6.10 Å². The fourth-order valence-electron chi connectivity index (χ4n) is 3.40. The Morgan fingerprint density at radius 2 is 1.00 bits per heavy atom. The van der Waals surface area contributed by atoms with Crippen molar-refractivity contribution in [1.82, 2.24) is 0 Å². The Bertz CT molecular complexity index is 259. The first-order valence-electron chi connectivity index (χ1n) is 11.6. The quantitative estimate of drug-likeness (QED) is 0.172. The molecule has 1 heteroatoms. The monoisotopic (exact) mass is 352 g/mol. The van der Waals surface area contributed by atoms with Gasteiger partial charge in [0, 0.05) is 0 Å². The second-order valence-electron chi connectivity index (χ2n) is 7.89. The summed E-state index contributed by atoms with van der Waals surface area (Å²) in [6.07, 6.45) is 29.4. The van der Waals surface area contributed by atoms with Crippen molar-refractivity contribution in [2.45, 2.75) is 142 Å². The summed E-state index contributed by atoms with van der Waals surface area (Å²) in [6.45, 7) is 4.52.